The van der Waals surface area contributed by atoms with Gasteiger partial charge in [-0.25, -0.2) is 14.2 Å². The van der Waals surface area contributed by atoms with Gasteiger partial charge in [-0.1, -0.05) is 12.1 Å². The van der Waals surface area contributed by atoms with Gasteiger partial charge in [0.15, 0.2) is 5.13 Å². The number of anilines is 1. The van der Waals surface area contributed by atoms with Crippen molar-refractivity contribution in [3.8, 4) is 0 Å². The maximum absolute atomic E-state index is 13.0. The Bertz CT molecular complexity index is 587. The van der Waals surface area contributed by atoms with Gasteiger partial charge in [0.25, 0.3) is 0 Å². The Kier molecular flexibility index (Phi) is 5.03. The lowest BCUT2D eigenvalue weighted by atomic mass is 10.2. The van der Waals surface area contributed by atoms with Gasteiger partial charge in [0.1, 0.15) is 5.82 Å². The largest absolute Gasteiger partial charge is 0.334 e. The van der Waals surface area contributed by atoms with Crippen LogP contribution in [-0.2, 0) is 13.1 Å². The van der Waals surface area contributed by atoms with E-state index in [1.54, 1.807) is 12.1 Å². The van der Waals surface area contributed by atoms with Crippen molar-refractivity contribution in [2.24, 2.45) is 0 Å². The number of rotatable bonds is 5. The molecule has 0 atom stereocenters. The van der Waals surface area contributed by atoms with E-state index in [0.717, 1.165) is 5.69 Å². The number of nitrogens with one attached hydrogen (secondary N) is 3. The van der Waals surface area contributed by atoms with Crippen molar-refractivity contribution in [2.45, 2.75) is 13.1 Å². The molecule has 1 aromatic carbocycles. The summed E-state index contributed by atoms with van der Waals surface area (Å²) in [5.74, 6) is -0.318. The molecule has 3 N–H and O–H groups in total. The number of nitrogens with zero attached hydrogens (tertiary/aromatic N) is 1. The topological polar surface area (TPSA) is 66.0 Å². The van der Waals surface area contributed by atoms with E-state index in [0.29, 0.717) is 17.2 Å². The van der Waals surface area contributed by atoms with Gasteiger partial charge in [0.2, 0.25) is 0 Å². The van der Waals surface area contributed by atoms with Crippen molar-refractivity contribution in [1.29, 1.82) is 0 Å². The van der Waals surface area contributed by atoms with Gasteiger partial charge >= 0.3 is 6.03 Å². The summed E-state index contributed by atoms with van der Waals surface area (Å²) in [4.78, 5) is 15.9. The third kappa shape index (κ3) is 4.29. The highest BCUT2D eigenvalue weighted by Gasteiger charge is 2.06. The van der Waals surface area contributed by atoms with Crippen LogP contribution >= 0.6 is 11.3 Å². The fourth-order valence-electron chi connectivity index (χ4n) is 1.60. The van der Waals surface area contributed by atoms with Gasteiger partial charge in [-0.05, 0) is 24.7 Å². The van der Waals surface area contributed by atoms with E-state index in [4.69, 9.17) is 0 Å². The Morgan fingerprint density at radius 2 is 2.25 bits per heavy atom. The summed E-state index contributed by atoms with van der Waals surface area (Å²) >= 11 is 1.36. The quantitative estimate of drug-likeness (QED) is 0.793. The normalized spacial score (nSPS) is 10.3. The number of hydrogen-bond acceptors (Lipinski definition) is 4. The summed E-state index contributed by atoms with van der Waals surface area (Å²) in [7, 11) is 1.83. The number of hydrogen-bond donors (Lipinski definition) is 3. The molecule has 2 aromatic rings. The molecule has 106 valence electrons. The molecule has 1 aromatic heterocycles. The van der Waals surface area contributed by atoms with Crippen molar-refractivity contribution in [1.82, 2.24) is 15.6 Å². The second kappa shape index (κ2) is 6.97. The zero-order valence-corrected chi connectivity index (χ0v) is 11.8. The highest BCUT2D eigenvalue weighted by Crippen LogP contribution is 2.14. The zero-order valence-electron chi connectivity index (χ0n) is 10.9. The van der Waals surface area contributed by atoms with E-state index in [2.05, 4.69) is 20.9 Å². The van der Waals surface area contributed by atoms with Gasteiger partial charge in [-0.15, -0.1) is 11.3 Å². The molecule has 0 fully saturated rings. The average Bonchev–Trinajstić information content (AvgIpc) is 2.84. The smallest absolute Gasteiger partial charge is 0.321 e. The van der Waals surface area contributed by atoms with Crippen LogP contribution in [0.1, 0.15) is 11.3 Å². The predicted molar refractivity (Wildman–Crippen MR) is 77.1 cm³/mol. The standard InChI is InChI=1S/C13H15FN4OS/c1-15-7-11-8-20-13(17-11)18-12(19)16-6-9-3-2-4-10(14)5-9/h2-5,8,15H,6-7H2,1H3,(H2,16,17,18,19). The third-order valence-electron chi connectivity index (χ3n) is 2.47. The van der Waals surface area contributed by atoms with Crippen molar-refractivity contribution < 1.29 is 9.18 Å². The molecule has 0 bridgehead atoms. The molecule has 0 radical (unpaired) electrons. The fourth-order valence-corrected chi connectivity index (χ4v) is 2.30. The lowest BCUT2D eigenvalue weighted by molar-refractivity contribution is 0.251. The Labute approximate surface area is 120 Å². The van der Waals surface area contributed by atoms with Crippen LogP contribution in [0.3, 0.4) is 0 Å². The molecule has 0 saturated carbocycles. The summed E-state index contributed by atoms with van der Waals surface area (Å²) in [5, 5.41) is 10.7. The van der Waals surface area contributed by atoms with E-state index in [9.17, 15) is 9.18 Å². The molecular formula is C13H15FN4OS. The highest BCUT2D eigenvalue weighted by molar-refractivity contribution is 7.13. The average molecular weight is 294 g/mol. The number of carbonyl (C=O) groups is 1. The number of halogens is 1. The van der Waals surface area contributed by atoms with E-state index < -0.39 is 0 Å². The molecule has 0 saturated heterocycles. The lowest BCUT2D eigenvalue weighted by Crippen LogP contribution is -2.28. The molecule has 2 amide bonds. The Morgan fingerprint density at radius 1 is 1.40 bits per heavy atom. The molecule has 0 spiro atoms. The van der Waals surface area contributed by atoms with Crippen LogP contribution in [0.5, 0.6) is 0 Å². The second-order valence-corrected chi connectivity index (χ2v) is 4.97. The summed E-state index contributed by atoms with van der Waals surface area (Å²) in [6.45, 7) is 0.918. The summed E-state index contributed by atoms with van der Waals surface area (Å²) in [6.07, 6.45) is 0. The Morgan fingerprint density at radius 3 is 3.00 bits per heavy atom. The van der Waals surface area contributed by atoms with Crippen molar-refractivity contribution in [2.75, 3.05) is 12.4 Å². The first-order chi connectivity index (χ1) is 9.67. The number of carbonyl (C=O) groups excluding carboxylic acids is 1. The van der Waals surface area contributed by atoms with E-state index in [1.807, 2.05) is 12.4 Å². The first-order valence-electron chi connectivity index (χ1n) is 6.05. The second-order valence-electron chi connectivity index (χ2n) is 4.11. The maximum atomic E-state index is 13.0. The molecule has 0 aliphatic heterocycles. The van der Waals surface area contributed by atoms with Gasteiger partial charge < -0.3 is 10.6 Å². The molecule has 0 aliphatic rings. The number of aromatic nitrogens is 1. The zero-order chi connectivity index (χ0) is 14.4. The summed E-state index contributed by atoms with van der Waals surface area (Å²) in [6, 6.07) is 5.74. The monoisotopic (exact) mass is 294 g/mol. The molecule has 2 rings (SSSR count). The minimum Gasteiger partial charge on any atom is -0.334 e. The number of thiazole rings is 1. The van der Waals surface area contributed by atoms with E-state index in [-0.39, 0.29) is 18.4 Å². The van der Waals surface area contributed by atoms with Gasteiger partial charge in [-0.3, -0.25) is 5.32 Å². The van der Waals surface area contributed by atoms with Crippen molar-refractivity contribution in [3.63, 3.8) is 0 Å². The van der Waals surface area contributed by atoms with Crippen LogP contribution in [0, 0.1) is 5.82 Å². The number of amides is 2. The van der Waals surface area contributed by atoms with Gasteiger partial charge in [0, 0.05) is 18.5 Å². The first kappa shape index (κ1) is 14.4. The molecule has 7 heteroatoms. The summed E-state index contributed by atoms with van der Waals surface area (Å²) in [5.41, 5.74) is 1.58. The maximum Gasteiger partial charge on any atom is 0.321 e. The fraction of sp³-hybridized carbons (Fsp3) is 0.231. The van der Waals surface area contributed by atoms with Crippen LogP contribution in [0.4, 0.5) is 14.3 Å². The molecule has 20 heavy (non-hydrogen) atoms. The Hall–Kier alpha value is -1.99. The Balaban J connectivity index is 1.82. The minimum atomic E-state index is -0.361. The van der Waals surface area contributed by atoms with Crippen LogP contribution in [0.2, 0.25) is 0 Å². The molecule has 5 nitrogen and oxygen atoms in total. The van der Waals surface area contributed by atoms with E-state index in [1.165, 1.54) is 23.5 Å². The van der Waals surface area contributed by atoms with E-state index >= 15 is 0 Å². The molecular weight excluding hydrogens is 279 g/mol. The number of benzene rings is 1. The first-order valence-corrected chi connectivity index (χ1v) is 6.93. The number of urea groups is 1. The van der Waals surface area contributed by atoms with Gasteiger partial charge in [0.05, 0.1) is 5.69 Å². The van der Waals surface area contributed by atoms with Crippen molar-refractivity contribution in [3.05, 3.63) is 46.7 Å². The van der Waals surface area contributed by atoms with Crippen LogP contribution in [0.15, 0.2) is 29.6 Å². The molecule has 0 aliphatic carbocycles. The third-order valence-corrected chi connectivity index (χ3v) is 3.28. The predicted octanol–water partition coefficient (Wildman–Crippen LogP) is 2.32. The lowest BCUT2D eigenvalue weighted by Gasteiger charge is -2.05. The SMILES string of the molecule is CNCc1csc(NC(=O)NCc2cccc(F)c2)n1. The molecule has 0 unspecified atom stereocenters. The summed E-state index contributed by atoms with van der Waals surface area (Å²) < 4.78 is 13.0. The van der Waals surface area contributed by atoms with Gasteiger partial charge in [-0.2, -0.15) is 0 Å². The minimum absolute atomic E-state index is 0.262. The van der Waals surface area contributed by atoms with Crippen LogP contribution in [0.25, 0.3) is 0 Å². The molecule has 1 heterocycles. The van der Waals surface area contributed by atoms with Crippen molar-refractivity contribution >= 4 is 22.5 Å². The highest BCUT2D eigenvalue weighted by atomic mass is 32.1. The van der Waals surface area contributed by atoms with Crippen LogP contribution < -0.4 is 16.0 Å². The van der Waals surface area contributed by atoms with Crippen LogP contribution in [-0.4, -0.2) is 18.1 Å².